The van der Waals surface area contributed by atoms with Crippen molar-refractivity contribution in [2.24, 2.45) is 5.92 Å². The SMILES string of the molecule is O=C(c1csc(C2CCN(C(=O)c3ccccc3-c3ccc(C(F)(F)F)cc3)CC2)n1)C1CCCCOCC1. The fourth-order valence-corrected chi connectivity index (χ4v) is 6.37. The van der Waals surface area contributed by atoms with Crippen LogP contribution in [0.3, 0.4) is 0 Å². The van der Waals surface area contributed by atoms with Crippen molar-refractivity contribution >= 4 is 23.0 Å². The van der Waals surface area contributed by atoms with Crippen LogP contribution >= 0.6 is 11.3 Å². The van der Waals surface area contributed by atoms with Gasteiger partial charge < -0.3 is 9.64 Å². The summed E-state index contributed by atoms with van der Waals surface area (Å²) in [6.45, 7) is 2.48. The van der Waals surface area contributed by atoms with Gasteiger partial charge in [-0.3, -0.25) is 9.59 Å². The van der Waals surface area contributed by atoms with E-state index in [1.807, 2.05) is 5.38 Å². The summed E-state index contributed by atoms with van der Waals surface area (Å²) in [6.07, 6.45) is 0.663. The summed E-state index contributed by atoms with van der Waals surface area (Å²) >= 11 is 1.52. The van der Waals surface area contributed by atoms with E-state index in [1.54, 1.807) is 29.2 Å². The number of hydrogen-bond acceptors (Lipinski definition) is 5. The summed E-state index contributed by atoms with van der Waals surface area (Å²) in [5.74, 6) is 0.122. The van der Waals surface area contributed by atoms with Crippen molar-refractivity contribution in [1.29, 1.82) is 0 Å². The van der Waals surface area contributed by atoms with Crippen molar-refractivity contribution in [2.75, 3.05) is 26.3 Å². The molecule has 0 spiro atoms. The van der Waals surface area contributed by atoms with Gasteiger partial charge in [0.2, 0.25) is 0 Å². The largest absolute Gasteiger partial charge is 0.416 e. The fraction of sp³-hybridized carbons (Fsp3) is 0.433. The molecule has 2 aromatic carbocycles. The third kappa shape index (κ3) is 6.41. The minimum atomic E-state index is -4.41. The van der Waals surface area contributed by atoms with Crippen LogP contribution in [0, 0.1) is 5.92 Å². The fourth-order valence-electron chi connectivity index (χ4n) is 5.39. The molecule has 0 bridgehead atoms. The summed E-state index contributed by atoms with van der Waals surface area (Å²) < 4.78 is 44.5. The summed E-state index contributed by atoms with van der Waals surface area (Å²) in [5.41, 5.74) is 1.48. The van der Waals surface area contributed by atoms with Crippen molar-refractivity contribution in [3.63, 3.8) is 0 Å². The number of carbonyl (C=O) groups is 2. The van der Waals surface area contributed by atoms with Crippen LogP contribution in [0.5, 0.6) is 0 Å². The van der Waals surface area contributed by atoms with Crippen LogP contribution < -0.4 is 0 Å². The molecule has 2 aliphatic rings. The highest BCUT2D eigenvalue weighted by molar-refractivity contribution is 7.09. The highest BCUT2D eigenvalue weighted by Crippen LogP contribution is 2.34. The molecule has 1 aromatic heterocycles. The van der Waals surface area contributed by atoms with Gasteiger partial charge in [-0.15, -0.1) is 11.3 Å². The molecule has 3 heterocycles. The molecule has 2 fully saturated rings. The molecular formula is C30H31F3N2O3S. The number of ketones is 1. The number of carbonyl (C=O) groups excluding carboxylic acids is 2. The topological polar surface area (TPSA) is 59.5 Å². The number of aromatic nitrogens is 1. The van der Waals surface area contributed by atoms with Gasteiger partial charge in [-0.05, 0) is 61.4 Å². The number of benzene rings is 2. The van der Waals surface area contributed by atoms with Gasteiger partial charge in [-0.2, -0.15) is 13.2 Å². The number of ether oxygens (including phenoxy) is 1. The number of halogens is 3. The monoisotopic (exact) mass is 556 g/mol. The lowest BCUT2D eigenvalue weighted by Crippen LogP contribution is -2.38. The Bertz CT molecular complexity index is 1290. The molecule has 206 valence electrons. The maximum absolute atomic E-state index is 13.5. The standard InChI is InChI=1S/C30H31F3N2O3S/c31-30(32,33)23-10-8-20(9-11-23)24-6-1-2-7-25(24)29(37)35-15-12-22(13-16-35)28-34-26(19-39-28)27(36)21-5-3-4-17-38-18-14-21/h1-2,6-11,19,21-22H,3-5,12-18H2. The van der Waals surface area contributed by atoms with Gasteiger partial charge in [-0.25, -0.2) is 4.98 Å². The first-order valence-corrected chi connectivity index (χ1v) is 14.3. The minimum absolute atomic E-state index is 0.0375. The van der Waals surface area contributed by atoms with Gasteiger partial charge in [0.15, 0.2) is 5.78 Å². The molecule has 2 aliphatic heterocycles. The first-order chi connectivity index (χ1) is 18.8. The maximum Gasteiger partial charge on any atom is 0.416 e. The van der Waals surface area contributed by atoms with Crippen molar-refractivity contribution in [3.8, 4) is 11.1 Å². The molecule has 2 saturated heterocycles. The molecule has 5 nitrogen and oxygen atoms in total. The Hall–Kier alpha value is -3.04. The second-order valence-electron chi connectivity index (χ2n) is 10.2. The van der Waals surface area contributed by atoms with Gasteiger partial charge >= 0.3 is 6.18 Å². The van der Waals surface area contributed by atoms with E-state index < -0.39 is 11.7 Å². The Morgan fingerprint density at radius 2 is 1.67 bits per heavy atom. The normalized spacial score (nSPS) is 19.4. The van der Waals surface area contributed by atoms with E-state index in [4.69, 9.17) is 9.72 Å². The zero-order valence-electron chi connectivity index (χ0n) is 21.6. The maximum atomic E-state index is 13.5. The Morgan fingerprint density at radius 1 is 0.923 bits per heavy atom. The van der Waals surface area contributed by atoms with Gasteiger partial charge in [-0.1, -0.05) is 36.8 Å². The van der Waals surface area contributed by atoms with Gasteiger partial charge in [0.1, 0.15) is 5.69 Å². The summed E-state index contributed by atoms with van der Waals surface area (Å²) in [7, 11) is 0. The van der Waals surface area contributed by atoms with Crippen LogP contribution in [-0.2, 0) is 10.9 Å². The van der Waals surface area contributed by atoms with Crippen LogP contribution in [0.1, 0.15) is 75.9 Å². The number of alkyl halides is 3. The number of likely N-dealkylation sites (tertiary alicyclic amines) is 1. The highest BCUT2D eigenvalue weighted by atomic mass is 32.1. The molecule has 5 rings (SSSR count). The Kier molecular flexibility index (Phi) is 8.47. The van der Waals surface area contributed by atoms with Crippen molar-refractivity contribution < 1.29 is 27.5 Å². The van der Waals surface area contributed by atoms with Gasteiger partial charge in [0.05, 0.1) is 10.6 Å². The van der Waals surface area contributed by atoms with Crippen molar-refractivity contribution in [1.82, 2.24) is 9.88 Å². The van der Waals surface area contributed by atoms with E-state index in [9.17, 15) is 22.8 Å². The predicted octanol–water partition coefficient (Wildman–Crippen LogP) is 7.24. The third-order valence-corrected chi connectivity index (χ3v) is 8.67. The van der Waals surface area contributed by atoms with E-state index in [0.29, 0.717) is 42.1 Å². The summed E-state index contributed by atoms with van der Waals surface area (Å²) in [4.78, 5) is 33.0. The van der Waals surface area contributed by atoms with E-state index in [-0.39, 0.29) is 23.5 Å². The number of hydrogen-bond donors (Lipinski definition) is 0. The first kappa shape index (κ1) is 27.5. The van der Waals surface area contributed by atoms with Crippen LogP contribution in [0.4, 0.5) is 13.2 Å². The van der Waals surface area contributed by atoms with Crippen LogP contribution in [0.2, 0.25) is 0 Å². The Balaban J connectivity index is 1.23. The summed E-state index contributed by atoms with van der Waals surface area (Å²) in [5, 5.41) is 2.81. The van der Waals surface area contributed by atoms with Gasteiger partial charge in [0.25, 0.3) is 5.91 Å². The molecule has 0 N–H and O–H groups in total. The number of Topliss-reactive ketones (excluding diaryl/α,β-unsaturated/α-hetero) is 1. The second kappa shape index (κ2) is 12.0. The second-order valence-corrected chi connectivity index (χ2v) is 11.1. The molecular weight excluding hydrogens is 525 g/mol. The average Bonchev–Trinajstić information content (AvgIpc) is 3.42. The highest BCUT2D eigenvalue weighted by Gasteiger charge is 2.31. The van der Waals surface area contributed by atoms with E-state index in [1.165, 1.54) is 23.5 Å². The molecule has 0 saturated carbocycles. The Labute approximate surface area is 230 Å². The molecule has 1 amide bonds. The predicted molar refractivity (Wildman–Crippen MR) is 144 cm³/mol. The Morgan fingerprint density at radius 3 is 2.41 bits per heavy atom. The number of piperidine rings is 1. The zero-order valence-corrected chi connectivity index (χ0v) is 22.4. The average molecular weight is 557 g/mol. The molecule has 39 heavy (non-hydrogen) atoms. The van der Waals surface area contributed by atoms with Crippen LogP contribution in [-0.4, -0.2) is 47.9 Å². The van der Waals surface area contributed by atoms with Crippen molar-refractivity contribution in [2.45, 2.75) is 50.6 Å². The lowest BCUT2D eigenvalue weighted by molar-refractivity contribution is -0.137. The first-order valence-electron chi connectivity index (χ1n) is 13.4. The van der Waals surface area contributed by atoms with E-state index in [2.05, 4.69) is 0 Å². The number of amides is 1. The number of thiazole rings is 1. The molecule has 1 atom stereocenters. The van der Waals surface area contributed by atoms with Crippen molar-refractivity contribution in [3.05, 3.63) is 75.7 Å². The quantitative estimate of drug-likeness (QED) is 0.311. The molecule has 0 aliphatic carbocycles. The number of rotatable bonds is 5. The lowest BCUT2D eigenvalue weighted by atomic mass is 9.92. The minimum Gasteiger partial charge on any atom is -0.381 e. The lowest BCUT2D eigenvalue weighted by Gasteiger charge is -2.31. The molecule has 9 heteroatoms. The third-order valence-electron chi connectivity index (χ3n) is 7.66. The van der Waals surface area contributed by atoms with E-state index >= 15 is 0 Å². The smallest absolute Gasteiger partial charge is 0.381 e. The van der Waals surface area contributed by atoms with Crippen LogP contribution in [0.15, 0.2) is 53.9 Å². The van der Waals surface area contributed by atoms with Gasteiger partial charge in [0, 0.05) is 49.1 Å². The number of nitrogens with zero attached hydrogens (tertiary/aromatic N) is 2. The summed E-state index contributed by atoms with van der Waals surface area (Å²) in [6, 6.07) is 11.9. The molecule has 3 aromatic rings. The molecule has 1 unspecified atom stereocenters. The van der Waals surface area contributed by atoms with Crippen LogP contribution in [0.25, 0.3) is 11.1 Å². The molecule has 0 radical (unpaired) electrons. The van der Waals surface area contributed by atoms with E-state index in [0.717, 1.165) is 62.3 Å². The zero-order chi connectivity index (χ0) is 27.4.